The summed E-state index contributed by atoms with van der Waals surface area (Å²) in [6.45, 7) is 4.45. The number of carbonyl (C=O) groups is 1. The second kappa shape index (κ2) is 11.7. The summed E-state index contributed by atoms with van der Waals surface area (Å²) in [4.78, 5) is 14.3. The number of morpholine rings is 1. The van der Waals surface area contributed by atoms with Crippen LogP contribution in [-0.2, 0) is 16.1 Å². The van der Waals surface area contributed by atoms with E-state index in [4.69, 9.17) is 9.47 Å². The predicted octanol–water partition coefficient (Wildman–Crippen LogP) is 1.85. The molecule has 2 N–H and O–H groups in total. The van der Waals surface area contributed by atoms with Gasteiger partial charge in [-0.25, -0.2) is 8.78 Å². The van der Waals surface area contributed by atoms with Crippen molar-refractivity contribution in [2.75, 3.05) is 46.0 Å². The molecule has 160 valence electrons. The number of hydrogen-bond donors (Lipinski definition) is 2. The van der Waals surface area contributed by atoms with E-state index in [-0.39, 0.29) is 31.4 Å². The van der Waals surface area contributed by atoms with Crippen LogP contribution in [0.2, 0.25) is 0 Å². The van der Waals surface area contributed by atoms with Crippen molar-refractivity contribution in [2.45, 2.75) is 24.9 Å². The van der Waals surface area contributed by atoms with Crippen LogP contribution in [0, 0.1) is 0 Å². The third kappa shape index (κ3) is 7.33. The number of amides is 1. The van der Waals surface area contributed by atoms with Gasteiger partial charge < -0.3 is 14.8 Å². The van der Waals surface area contributed by atoms with E-state index in [1.54, 1.807) is 0 Å². The normalized spacial score (nSPS) is 21.3. The minimum atomic E-state index is -2.82. The van der Waals surface area contributed by atoms with Crippen molar-refractivity contribution in [1.29, 1.82) is 0 Å². The van der Waals surface area contributed by atoms with Gasteiger partial charge in [0.25, 0.3) is 5.92 Å². The van der Waals surface area contributed by atoms with Crippen molar-refractivity contribution in [2.24, 2.45) is 0 Å². The van der Waals surface area contributed by atoms with Crippen molar-refractivity contribution in [3.8, 4) is 5.75 Å². The molecule has 1 aromatic rings. The van der Waals surface area contributed by atoms with Gasteiger partial charge in [0.15, 0.2) is 0 Å². The molecule has 2 aliphatic heterocycles. The second-order valence-corrected chi connectivity index (χ2v) is 6.62. The third-order valence-corrected chi connectivity index (χ3v) is 4.62. The Kier molecular flexibility index (Phi) is 10.4. The zero-order valence-electron chi connectivity index (χ0n) is 15.5. The molecule has 2 aliphatic rings. The van der Waals surface area contributed by atoms with Gasteiger partial charge in [0.05, 0.1) is 25.8 Å². The van der Waals surface area contributed by atoms with Crippen LogP contribution in [0.4, 0.5) is 8.78 Å². The summed E-state index contributed by atoms with van der Waals surface area (Å²) in [5, 5.41) is 5.28. The van der Waals surface area contributed by atoms with Crippen molar-refractivity contribution >= 4 is 30.7 Å². The third-order valence-electron chi connectivity index (χ3n) is 4.62. The maximum Gasteiger partial charge on any atom is 0.262 e. The number of carbonyl (C=O) groups excluding carboxylic acids is 1. The van der Waals surface area contributed by atoms with E-state index in [0.29, 0.717) is 12.4 Å². The van der Waals surface area contributed by atoms with Crippen LogP contribution in [0.25, 0.3) is 0 Å². The fraction of sp³-hybridized carbons (Fsp3) is 0.611. The van der Waals surface area contributed by atoms with Gasteiger partial charge in [-0.3, -0.25) is 15.0 Å². The Hall–Kier alpha value is -1.19. The summed E-state index contributed by atoms with van der Waals surface area (Å²) in [7, 11) is 0. The lowest BCUT2D eigenvalue weighted by Crippen LogP contribution is -2.40. The standard InChI is InChI=1S/C18H25F2N3O3.2ClH/c19-18(20)11-15(22-13-18)17(24)21-12-14-3-1-2-4-16(14)26-10-7-23-5-8-25-9-6-23;;/h1-4,15,22H,5-13H2,(H,21,24);2*1H. The number of benzene rings is 1. The number of hydrogen-bond acceptors (Lipinski definition) is 5. The Morgan fingerprint density at radius 2 is 2.00 bits per heavy atom. The molecule has 0 aliphatic carbocycles. The molecule has 0 saturated carbocycles. The average molecular weight is 442 g/mol. The molecule has 10 heteroatoms. The van der Waals surface area contributed by atoms with Crippen molar-refractivity contribution < 1.29 is 23.0 Å². The highest BCUT2D eigenvalue weighted by Crippen LogP contribution is 2.25. The maximum atomic E-state index is 13.2. The lowest BCUT2D eigenvalue weighted by molar-refractivity contribution is -0.123. The van der Waals surface area contributed by atoms with Crippen LogP contribution >= 0.6 is 24.8 Å². The van der Waals surface area contributed by atoms with Crippen molar-refractivity contribution in [3.63, 3.8) is 0 Å². The minimum Gasteiger partial charge on any atom is -0.492 e. The van der Waals surface area contributed by atoms with Gasteiger partial charge in [0.2, 0.25) is 5.91 Å². The number of para-hydroxylation sites is 1. The molecule has 1 atom stereocenters. The first-order chi connectivity index (χ1) is 12.5. The van der Waals surface area contributed by atoms with E-state index in [1.165, 1.54) is 0 Å². The van der Waals surface area contributed by atoms with E-state index in [2.05, 4.69) is 15.5 Å². The van der Waals surface area contributed by atoms with E-state index in [0.717, 1.165) is 38.4 Å². The van der Waals surface area contributed by atoms with Crippen molar-refractivity contribution in [3.05, 3.63) is 29.8 Å². The van der Waals surface area contributed by atoms with E-state index < -0.39 is 30.8 Å². The molecule has 2 saturated heterocycles. The molecular weight excluding hydrogens is 415 g/mol. The number of nitrogens with zero attached hydrogens (tertiary/aromatic N) is 1. The highest BCUT2D eigenvalue weighted by molar-refractivity contribution is 5.85. The molecule has 0 spiro atoms. The van der Waals surface area contributed by atoms with Gasteiger partial charge in [-0.2, -0.15) is 0 Å². The zero-order valence-corrected chi connectivity index (χ0v) is 17.1. The van der Waals surface area contributed by atoms with Crippen LogP contribution in [0.3, 0.4) is 0 Å². The molecule has 3 rings (SSSR count). The number of halogens is 4. The molecular formula is C18H27Cl2F2N3O3. The molecule has 1 aromatic carbocycles. The Morgan fingerprint density at radius 3 is 2.68 bits per heavy atom. The smallest absolute Gasteiger partial charge is 0.262 e. The minimum absolute atomic E-state index is 0. The highest BCUT2D eigenvalue weighted by Gasteiger charge is 2.42. The van der Waals surface area contributed by atoms with Crippen LogP contribution in [0.15, 0.2) is 24.3 Å². The quantitative estimate of drug-likeness (QED) is 0.675. The van der Waals surface area contributed by atoms with Gasteiger partial charge in [0, 0.05) is 38.2 Å². The number of nitrogens with one attached hydrogen (secondary N) is 2. The summed E-state index contributed by atoms with van der Waals surface area (Å²) in [6, 6.07) is 6.59. The van der Waals surface area contributed by atoms with E-state index >= 15 is 0 Å². The summed E-state index contributed by atoms with van der Waals surface area (Å²) < 4.78 is 37.6. The summed E-state index contributed by atoms with van der Waals surface area (Å²) in [5.74, 6) is -2.53. The van der Waals surface area contributed by atoms with Gasteiger partial charge in [0.1, 0.15) is 12.4 Å². The summed E-state index contributed by atoms with van der Waals surface area (Å²) in [6.07, 6.45) is -0.462. The zero-order chi connectivity index (χ0) is 18.4. The van der Waals surface area contributed by atoms with Gasteiger partial charge in [-0.05, 0) is 6.07 Å². The summed E-state index contributed by atoms with van der Waals surface area (Å²) >= 11 is 0. The first kappa shape index (κ1) is 24.8. The Balaban J connectivity index is 0.00000196. The molecule has 0 radical (unpaired) electrons. The molecule has 0 bridgehead atoms. The highest BCUT2D eigenvalue weighted by atomic mass is 35.5. The van der Waals surface area contributed by atoms with Crippen molar-refractivity contribution in [1.82, 2.24) is 15.5 Å². The van der Waals surface area contributed by atoms with Gasteiger partial charge in [-0.1, -0.05) is 18.2 Å². The Labute approximate surface area is 176 Å². The molecule has 1 unspecified atom stereocenters. The summed E-state index contributed by atoms with van der Waals surface area (Å²) in [5.41, 5.74) is 0.826. The molecule has 2 fully saturated rings. The van der Waals surface area contributed by atoms with E-state index in [1.807, 2.05) is 24.3 Å². The Bertz CT molecular complexity index is 619. The van der Waals surface area contributed by atoms with Gasteiger partial charge >= 0.3 is 0 Å². The molecule has 2 heterocycles. The lowest BCUT2D eigenvalue weighted by Gasteiger charge is -2.26. The monoisotopic (exact) mass is 441 g/mol. The van der Waals surface area contributed by atoms with Crippen LogP contribution in [-0.4, -0.2) is 68.8 Å². The first-order valence-electron chi connectivity index (χ1n) is 8.93. The van der Waals surface area contributed by atoms with Crippen LogP contribution in [0.5, 0.6) is 5.75 Å². The second-order valence-electron chi connectivity index (χ2n) is 6.62. The number of alkyl halides is 2. The SMILES string of the molecule is Cl.Cl.O=C(NCc1ccccc1OCCN1CCOCC1)C1CC(F)(F)CN1. The fourth-order valence-electron chi connectivity index (χ4n) is 3.11. The van der Waals surface area contributed by atoms with Crippen LogP contribution in [0.1, 0.15) is 12.0 Å². The average Bonchev–Trinajstić information content (AvgIpc) is 3.01. The molecule has 0 aromatic heterocycles. The van der Waals surface area contributed by atoms with Crippen LogP contribution < -0.4 is 15.4 Å². The molecule has 1 amide bonds. The molecule has 6 nitrogen and oxygen atoms in total. The maximum absolute atomic E-state index is 13.2. The number of ether oxygens (including phenoxy) is 2. The number of rotatable bonds is 7. The topological polar surface area (TPSA) is 62.8 Å². The van der Waals surface area contributed by atoms with Gasteiger partial charge in [-0.15, -0.1) is 24.8 Å². The predicted molar refractivity (Wildman–Crippen MR) is 107 cm³/mol. The van der Waals surface area contributed by atoms with E-state index in [9.17, 15) is 13.6 Å². The Morgan fingerprint density at radius 1 is 1.29 bits per heavy atom. The lowest BCUT2D eigenvalue weighted by atomic mass is 10.1. The fourth-order valence-corrected chi connectivity index (χ4v) is 3.11. The first-order valence-corrected chi connectivity index (χ1v) is 8.93. The molecule has 28 heavy (non-hydrogen) atoms. The largest absolute Gasteiger partial charge is 0.492 e.